The number of sulfonamides is 1. The number of benzene rings is 1. The average Bonchev–Trinajstić information content (AvgIpc) is 2.29. The summed E-state index contributed by atoms with van der Waals surface area (Å²) >= 11 is 0. The third-order valence-corrected chi connectivity index (χ3v) is 4.44. The molecule has 0 heterocycles. The highest BCUT2D eigenvalue weighted by atomic mass is 32.2. The van der Waals surface area contributed by atoms with Crippen molar-refractivity contribution in [3.8, 4) is 5.75 Å². The molecule has 1 aliphatic carbocycles. The van der Waals surface area contributed by atoms with Gasteiger partial charge in [-0.1, -0.05) is 0 Å². The molecule has 0 unspecified atom stereocenters. The van der Waals surface area contributed by atoms with E-state index in [4.69, 9.17) is 5.73 Å². The summed E-state index contributed by atoms with van der Waals surface area (Å²) in [5.74, 6) is -1.87. The van der Waals surface area contributed by atoms with E-state index in [2.05, 4.69) is 9.46 Å². The van der Waals surface area contributed by atoms with E-state index in [-0.39, 0.29) is 17.0 Å². The van der Waals surface area contributed by atoms with Crippen LogP contribution in [-0.2, 0) is 10.0 Å². The van der Waals surface area contributed by atoms with Gasteiger partial charge in [0.2, 0.25) is 10.0 Å². The first-order valence-electron chi connectivity index (χ1n) is 5.80. The Morgan fingerprint density at radius 2 is 2.00 bits per heavy atom. The molecule has 0 aromatic heterocycles. The number of rotatable bonds is 5. The second-order valence-corrected chi connectivity index (χ2v) is 6.23. The molecule has 1 aromatic carbocycles. The van der Waals surface area contributed by atoms with E-state index in [9.17, 15) is 21.6 Å². The largest absolute Gasteiger partial charge is 0.432 e. The Hall–Kier alpha value is -1.32. The molecule has 112 valence electrons. The van der Waals surface area contributed by atoms with Crippen molar-refractivity contribution in [2.24, 2.45) is 5.73 Å². The Bertz CT molecular complexity index is 589. The summed E-state index contributed by atoms with van der Waals surface area (Å²) in [5, 5.41) is 0. The van der Waals surface area contributed by atoms with Gasteiger partial charge in [-0.05, 0) is 31.0 Å². The van der Waals surface area contributed by atoms with Gasteiger partial charge in [-0.15, -0.1) is 0 Å². The van der Waals surface area contributed by atoms with Crippen LogP contribution >= 0.6 is 0 Å². The molecule has 1 fully saturated rings. The minimum absolute atomic E-state index is 0.0405. The number of hydrogen-bond acceptors (Lipinski definition) is 4. The van der Waals surface area contributed by atoms with Crippen molar-refractivity contribution >= 4 is 10.0 Å². The van der Waals surface area contributed by atoms with Crippen molar-refractivity contribution in [2.75, 3.05) is 0 Å². The Morgan fingerprint density at radius 1 is 1.35 bits per heavy atom. The van der Waals surface area contributed by atoms with Crippen molar-refractivity contribution in [2.45, 2.75) is 36.4 Å². The highest BCUT2D eigenvalue weighted by molar-refractivity contribution is 7.89. The van der Waals surface area contributed by atoms with E-state index in [1.807, 2.05) is 0 Å². The van der Waals surface area contributed by atoms with Crippen molar-refractivity contribution in [3.05, 3.63) is 24.0 Å². The lowest BCUT2D eigenvalue weighted by Crippen LogP contribution is -2.50. The molecular weight excluding hydrogens is 297 g/mol. The summed E-state index contributed by atoms with van der Waals surface area (Å²) in [5.41, 5.74) is 5.53. The fraction of sp³-hybridized carbons (Fsp3) is 0.455. The van der Waals surface area contributed by atoms with E-state index < -0.39 is 28.2 Å². The topological polar surface area (TPSA) is 81.4 Å². The van der Waals surface area contributed by atoms with Gasteiger partial charge in [-0.25, -0.2) is 17.5 Å². The summed E-state index contributed by atoms with van der Waals surface area (Å²) in [6.45, 7) is -3.18. The second-order valence-electron chi connectivity index (χ2n) is 4.52. The SMILES string of the molecule is NC1CC(NS(=O)(=O)c2ccc(OC(F)F)c(F)c2)C1. The first-order valence-corrected chi connectivity index (χ1v) is 7.28. The molecule has 1 aromatic rings. The standard InChI is InChI=1S/C11H13F3N2O3S/c12-9-5-8(1-2-10(9)19-11(13)14)20(17,18)16-7-3-6(15)4-7/h1-2,5-7,11,16H,3-4,15H2. The van der Waals surface area contributed by atoms with Crippen LogP contribution in [0.3, 0.4) is 0 Å². The third-order valence-electron chi connectivity index (χ3n) is 2.93. The first kappa shape index (κ1) is 15.1. The molecule has 0 saturated heterocycles. The number of hydrogen-bond donors (Lipinski definition) is 2. The number of nitrogens with one attached hydrogen (secondary N) is 1. The van der Waals surface area contributed by atoms with Crippen LogP contribution in [0, 0.1) is 5.82 Å². The quantitative estimate of drug-likeness (QED) is 0.856. The van der Waals surface area contributed by atoms with E-state index in [0.29, 0.717) is 18.9 Å². The Balaban J connectivity index is 2.13. The van der Waals surface area contributed by atoms with Crippen LogP contribution in [0.2, 0.25) is 0 Å². The maximum absolute atomic E-state index is 13.5. The van der Waals surface area contributed by atoms with Crippen LogP contribution < -0.4 is 15.2 Å². The minimum atomic E-state index is -3.90. The number of ether oxygens (including phenoxy) is 1. The first-order chi connectivity index (χ1) is 9.28. The predicted molar refractivity (Wildman–Crippen MR) is 64.4 cm³/mol. The lowest BCUT2D eigenvalue weighted by molar-refractivity contribution is -0.0522. The minimum Gasteiger partial charge on any atom is -0.432 e. The molecule has 1 saturated carbocycles. The van der Waals surface area contributed by atoms with Crippen molar-refractivity contribution < 1.29 is 26.3 Å². The third kappa shape index (κ3) is 3.41. The van der Waals surface area contributed by atoms with Gasteiger partial charge >= 0.3 is 6.61 Å². The van der Waals surface area contributed by atoms with Crippen LogP contribution in [0.4, 0.5) is 13.2 Å². The molecule has 0 aliphatic heterocycles. The molecule has 2 rings (SSSR count). The van der Waals surface area contributed by atoms with Crippen molar-refractivity contribution in [1.29, 1.82) is 0 Å². The molecule has 0 spiro atoms. The average molecular weight is 310 g/mol. The Morgan fingerprint density at radius 3 is 2.50 bits per heavy atom. The number of alkyl halides is 2. The van der Waals surface area contributed by atoms with Gasteiger partial charge in [-0.2, -0.15) is 8.78 Å². The van der Waals surface area contributed by atoms with Crippen LogP contribution in [0.5, 0.6) is 5.75 Å². The predicted octanol–water partition coefficient (Wildman–Crippen LogP) is 1.20. The van der Waals surface area contributed by atoms with Gasteiger partial charge in [0.1, 0.15) is 0 Å². The Kier molecular flexibility index (Phi) is 4.21. The van der Waals surface area contributed by atoms with Gasteiger partial charge in [0.15, 0.2) is 11.6 Å². The molecule has 20 heavy (non-hydrogen) atoms. The van der Waals surface area contributed by atoms with Crippen LogP contribution in [-0.4, -0.2) is 27.1 Å². The zero-order valence-corrected chi connectivity index (χ0v) is 11.0. The van der Waals surface area contributed by atoms with Crippen molar-refractivity contribution in [3.63, 3.8) is 0 Å². The van der Waals surface area contributed by atoms with E-state index >= 15 is 0 Å². The van der Waals surface area contributed by atoms with Gasteiger partial charge in [-0.3, -0.25) is 0 Å². The molecule has 0 atom stereocenters. The normalized spacial score (nSPS) is 22.6. The lowest BCUT2D eigenvalue weighted by atomic mass is 9.89. The monoisotopic (exact) mass is 310 g/mol. The summed E-state index contributed by atoms with van der Waals surface area (Å²) in [4.78, 5) is -0.350. The summed E-state index contributed by atoms with van der Waals surface area (Å²) in [6.07, 6.45) is 1.02. The number of halogens is 3. The Labute approximate surface area is 114 Å². The summed E-state index contributed by atoms with van der Waals surface area (Å²) in [6, 6.07) is 2.17. The second kappa shape index (κ2) is 5.58. The van der Waals surface area contributed by atoms with Crippen LogP contribution in [0.1, 0.15) is 12.8 Å². The molecular formula is C11H13F3N2O3S. The molecule has 1 aliphatic rings. The molecule has 0 amide bonds. The molecule has 5 nitrogen and oxygen atoms in total. The van der Waals surface area contributed by atoms with Gasteiger partial charge in [0, 0.05) is 12.1 Å². The fourth-order valence-corrected chi connectivity index (χ4v) is 3.16. The highest BCUT2D eigenvalue weighted by Gasteiger charge is 2.30. The lowest BCUT2D eigenvalue weighted by Gasteiger charge is -2.32. The van der Waals surface area contributed by atoms with E-state index in [1.165, 1.54) is 0 Å². The molecule has 0 radical (unpaired) electrons. The molecule has 9 heteroatoms. The van der Waals surface area contributed by atoms with Crippen LogP contribution in [0.25, 0.3) is 0 Å². The van der Waals surface area contributed by atoms with Gasteiger partial charge in [0.25, 0.3) is 0 Å². The zero-order valence-electron chi connectivity index (χ0n) is 10.2. The van der Waals surface area contributed by atoms with Gasteiger partial charge < -0.3 is 10.5 Å². The molecule has 0 bridgehead atoms. The van der Waals surface area contributed by atoms with E-state index in [0.717, 1.165) is 12.1 Å². The molecule has 3 N–H and O–H groups in total. The van der Waals surface area contributed by atoms with E-state index in [1.54, 1.807) is 0 Å². The highest BCUT2D eigenvalue weighted by Crippen LogP contribution is 2.24. The van der Waals surface area contributed by atoms with Gasteiger partial charge in [0.05, 0.1) is 4.90 Å². The maximum Gasteiger partial charge on any atom is 0.387 e. The van der Waals surface area contributed by atoms with Crippen LogP contribution in [0.15, 0.2) is 23.1 Å². The summed E-state index contributed by atoms with van der Waals surface area (Å²) in [7, 11) is -3.90. The summed E-state index contributed by atoms with van der Waals surface area (Å²) < 4.78 is 67.5. The maximum atomic E-state index is 13.5. The smallest absolute Gasteiger partial charge is 0.387 e. The fourth-order valence-electron chi connectivity index (χ4n) is 1.89. The van der Waals surface area contributed by atoms with Crippen molar-refractivity contribution in [1.82, 2.24) is 4.72 Å². The number of nitrogens with two attached hydrogens (primary N) is 1. The zero-order chi connectivity index (χ0) is 14.9.